The number of anilines is 2. The number of halogens is 1. The van der Waals surface area contributed by atoms with Crippen LogP contribution in [-0.4, -0.2) is 28.5 Å². The van der Waals surface area contributed by atoms with Crippen LogP contribution in [0.2, 0.25) is 0 Å². The Morgan fingerprint density at radius 3 is 2.93 bits per heavy atom. The first kappa shape index (κ1) is 19.9. The number of nitrogens with zero attached hydrogens (tertiary/aromatic N) is 2. The molecular formula is C22H23FN4O3. The van der Waals surface area contributed by atoms with Gasteiger partial charge in [0.25, 0.3) is 5.91 Å². The minimum atomic E-state index is -0.466. The second kappa shape index (κ2) is 8.96. The number of hydrogen-bond acceptors (Lipinski definition) is 5. The highest BCUT2D eigenvalue weighted by Crippen LogP contribution is 2.38. The molecule has 1 saturated carbocycles. The van der Waals surface area contributed by atoms with E-state index >= 15 is 0 Å². The van der Waals surface area contributed by atoms with Crippen molar-refractivity contribution in [3.63, 3.8) is 0 Å². The van der Waals surface area contributed by atoms with Gasteiger partial charge in [0.2, 0.25) is 0 Å². The molecule has 0 saturated heterocycles. The standard InChI is InChI=1S/C22H23FN4O3/c1-2-29-10-11-30-26-22(28)17-8-9-27-14-24-13-20(27)21(17)25-19-7-6-16(12-18(19)23)15-4-3-5-15/h2,6-9,12-15,25H,1,3-5,10-11H2,(H,26,28). The lowest BCUT2D eigenvalue weighted by Gasteiger charge is -2.26. The molecule has 2 N–H and O–H groups in total. The van der Waals surface area contributed by atoms with E-state index in [9.17, 15) is 9.18 Å². The Morgan fingerprint density at radius 1 is 1.33 bits per heavy atom. The fraction of sp³-hybridized carbons (Fsp3) is 0.273. The number of carbonyl (C=O) groups is 1. The van der Waals surface area contributed by atoms with Crippen LogP contribution in [0.1, 0.15) is 41.1 Å². The third-order valence-electron chi connectivity index (χ3n) is 5.25. The number of fused-ring (bicyclic) bond motifs is 1. The lowest BCUT2D eigenvalue weighted by molar-refractivity contribution is 0.0145. The number of nitrogens with one attached hydrogen (secondary N) is 2. The zero-order chi connectivity index (χ0) is 20.9. The lowest BCUT2D eigenvalue weighted by Crippen LogP contribution is -2.26. The molecule has 0 radical (unpaired) electrons. The van der Waals surface area contributed by atoms with Crippen molar-refractivity contribution in [3.05, 3.63) is 72.8 Å². The molecule has 4 rings (SSSR count). The molecule has 7 nitrogen and oxygen atoms in total. The fourth-order valence-corrected chi connectivity index (χ4v) is 3.42. The van der Waals surface area contributed by atoms with Gasteiger partial charge in [-0.05, 0) is 42.5 Å². The molecule has 2 heterocycles. The smallest absolute Gasteiger partial charge is 0.277 e. The van der Waals surface area contributed by atoms with Crippen LogP contribution < -0.4 is 10.8 Å². The van der Waals surface area contributed by atoms with Gasteiger partial charge in [0.1, 0.15) is 19.0 Å². The zero-order valence-electron chi connectivity index (χ0n) is 16.4. The summed E-state index contributed by atoms with van der Waals surface area (Å²) in [6, 6.07) is 6.85. The number of pyridine rings is 1. The average molecular weight is 410 g/mol. The van der Waals surface area contributed by atoms with Crippen molar-refractivity contribution < 1.29 is 18.8 Å². The molecule has 0 unspecified atom stereocenters. The van der Waals surface area contributed by atoms with E-state index in [2.05, 4.69) is 22.4 Å². The molecule has 8 heteroatoms. The minimum absolute atomic E-state index is 0.159. The van der Waals surface area contributed by atoms with Gasteiger partial charge in [-0.1, -0.05) is 19.1 Å². The van der Waals surface area contributed by atoms with Gasteiger partial charge in [0, 0.05) is 6.20 Å². The van der Waals surface area contributed by atoms with Gasteiger partial charge in [-0.25, -0.2) is 14.9 Å². The Balaban J connectivity index is 1.57. The van der Waals surface area contributed by atoms with Crippen LogP contribution in [-0.2, 0) is 9.57 Å². The number of carbonyl (C=O) groups excluding carboxylic acids is 1. The predicted molar refractivity (Wildman–Crippen MR) is 111 cm³/mol. The van der Waals surface area contributed by atoms with E-state index in [1.54, 1.807) is 41.3 Å². The van der Waals surface area contributed by atoms with E-state index < -0.39 is 5.91 Å². The number of imidazole rings is 1. The first-order chi connectivity index (χ1) is 14.7. The number of benzene rings is 1. The van der Waals surface area contributed by atoms with Crippen molar-refractivity contribution >= 4 is 22.8 Å². The molecule has 0 bridgehead atoms. The first-order valence-corrected chi connectivity index (χ1v) is 9.83. The van der Waals surface area contributed by atoms with Gasteiger partial charge in [0.05, 0.1) is 41.2 Å². The number of ether oxygens (including phenoxy) is 1. The number of amides is 1. The number of hydrogen-bond donors (Lipinski definition) is 2. The number of aromatic nitrogens is 2. The van der Waals surface area contributed by atoms with E-state index in [4.69, 9.17) is 9.57 Å². The van der Waals surface area contributed by atoms with Crippen molar-refractivity contribution in [2.75, 3.05) is 18.5 Å². The normalized spacial score (nSPS) is 13.6. The molecule has 2 aromatic heterocycles. The summed E-state index contributed by atoms with van der Waals surface area (Å²) in [5.41, 5.74) is 5.06. The van der Waals surface area contributed by atoms with Crippen LogP contribution in [0.25, 0.3) is 5.52 Å². The molecule has 1 aromatic carbocycles. The summed E-state index contributed by atoms with van der Waals surface area (Å²) >= 11 is 0. The SMILES string of the molecule is C=COCCONC(=O)c1ccn2cncc2c1Nc1ccc(C2CCC2)cc1F. The molecule has 30 heavy (non-hydrogen) atoms. The highest BCUT2D eigenvalue weighted by atomic mass is 19.1. The van der Waals surface area contributed by atoms with Crippen LogP contribution in [0.15, 0.2) is 55.8 Å². The second-order valence-corrected chi connectivity index (χ2v) is 7.10. The Bertz CT molecular complexity index is 1060. The molecule has 1 aliphatic carbocycles. The van der Waals surface area contributed by atoms with Crippen molar-refractivity contribution in [3.8, 4) is 0 Å². The lowest BCUT2D eigenvalue weighted by atomic mass is 9.80. The van der Waals surface area contributed by atoms with Gasteiger partial charge in [-0.15, -0.1) is 0 Å². The quantitative estimate of drug-likeness (QED) is 0.312. The average Bonchev–Trinajstić information content (AvgIpc) is 3.17. The van der Waals surface area contributed by atoms with Gasteiger partial charge in [-0.2, -0.15) is 0 Å². The van der Waals surface area contributed by atoms with Crippen LogP contribution in [0.4, 0.5) is 15.8 Å². The van der Waals surface area contributed by atoms with Gasteiger partial charge in [0.15, 0.2) is 0 Å². The molecule has 0 spiro atoms. The Morgan fingerprint density at radius 2 is 2.20 bits per heavy atom. The summed E-state index contributed by atoms with van der Waals surface area (Å²) in [6.07, 6.45) is 9.62. The Kier molecular flexibility index (Phi) is 5.94. The van der Waals surface area contributed by atoms with E-state index in [0.29, 0.717) is 28.4 Å². The molecule has 3 aromatic rings. The van der Waals surface area contributed by atoms with Gasteiger partial charge in [-0.3, -0.25) is 9.63 Å². The summed E-state index contributed by atoms with van der Waals surface area (Å²) in [5, 5.41) is 3.07. The largest absolute Gasteiger partial charge is 0.499 e. The summed E-state index contributed by atoms with van der Waals surface area (Å²) in [4.78, 5) is 21.9. The molecule has 1 aliphatic rings. The highest BCUT2D eigenvalue weighted by Gasteiger charge is 2.21. The maximum atomic E-state index is 14.8. The third kappa shape index (κ3) is 4.13. The number of hydroxylamine groups is 1. The van der Waals surface area contributed by atoms with Gasteiger partial charge < -0.3 is 14.5 Å². The zero-order valence-corrected chi connectivity index (χ0v) is 16.4. The topological polar surface area (TPSA) is 76.9 Å². The molecule has 0 atom stereocenters. The van der Waals surface area contributed by atoms with Crippen molar-refractivity contribution in [1.82, 2.24) is 14.9 Å². The van der Waals surface area contributed by atoms with Gasteiger partial charge >= 0.3 is 0 Å². The Labute approximate surface area is 173 Å². The summed E-state index contributed by atoms with van der Waals surface area (Å²) in [6.45, 7) is 3.85. The summed E-state index contributed by atoms with van der Waals surface area (Å²) < 4.78 is 21.5. The first-order valence-electron chi connectivity index (χ1n) is 9.83. The van der Waals surface area contributed by atoms with Crippen molar-refractivity contribution in [2.24, 2.45) is 0 Å². The number of rotatable bonds is 9. The van der Waals surface area contributed by atoms with E-state index in [-0.39, 0.29) is 19.0 Å². The van der Waals surface area contributed by atoms with Crippen LogP contribution in [0, 0.1) is 5.82 Å². The fourth-order valence-electron chi connectivity index (χ4n) is 3.42. The summed E-state index contributed by atoms with van der Waals surface area (Å²) in [7, 11) is 0. The predicted octanol–water partition coefficient (Wildman–Crippen LogP) is 4.31. The van der Waals surface area contributed by atoms with Crippen molar-refractivity contribution in [1.29, 1.82) is 0 Å². The Hall–Kier alpha value is -3.39. The molecule has 1 fully saturated rings. The molecular weight excluding hydrogens is 387 g/mol. The molecule has 156 valence electrons. The molecule has 1 amide bonds. The van der Waals surface area contributed by atoms with Crippen molar-refractivity contribution in [2.45, 2.75) is 25.2 Å². The molecule has 0 aliphatic heterocycles. The maximum absolute atomic E-state index is 14.8. The second-order valence-electron chi connectivity index (χ2n) is 7.10. The van der Waals surface area contributed by atoms with Crippen LogP contribution >= 0.6 is 0 Å². The maximum Gasteiger partial charge on any atom is 0.277 e. The third-order valence-corrected chi connectivity index (χ3v) is 5.25. The van der Waals surface area contributed by atoms with Crippen LogP contribution in [0.3, 0.4) is 0 Å². The van der Waals surface area contributed by atoms with Crippen LogP contribution in [0.5, 0.6) is 0 Å². The minimum Gasteiger partial charge on any atom is -0.499 e. The monoisotopic (exact) mass is 410 g/mol. The summed E-state index contributed by atoms with van der Waals surface area (Å²) in [5.74, 6) is -0.383. The van der Waals surface area contributed by atoms with E-state index in [0.717, 1.165) is 18.4 Å². The van der Waals surface area contributed by atoms with E-state index in [1.165, 1.54) is 12.7 Å². The highest BCUT2D eigenvalue weighted by molar-refractivity contribution is 6.03. The van der Waals surface area contributed by atoms with E-state index in [1.807, 2.05) is 6.07 Å².